The maximum Gasteiger partial charge on any atom is 0.336 e. The van der Waals surface area contributed by atoms with Crippen LogP contribution < -0.4 is 9.47 Å². The summed E-state index contributed by atoms with van der Waals surface area (Å²) in [6, 6.07) is 35.6. The van der Waals surface area contributed by atoms with Gasteiger partial charge >= 0.3 is 11.9 Å². The molecule has 6 heteroatoms. The Bertz CT molecular complexity index is 2070. The molecule has 1 N–H and O–H groups in total. The summed E-state index contributed by atoms with van der Waals surface area (Å²) in [5.74, 6) is 13.0. The molecule has 6 nitrogen and oxygen atoms in total. The van der Waals surface area contributed by atoms with Gasteiger partial charge in [0.2, 0.25) is 0 Å². The van der Waals surface area contributed by atoms with E-state index in [1.807, 2.05) is 104 Å². The van der Waals surface area contributed by atoms with Gasteiger partial charge < -0.3 is 19.3 Å². The van der Waals surface area contributed by atoms with Gasteiger partial charge in [-0.15, -0.1) is 0 Å². The standard InChI is InChI=1S/C45H38O6/c1-3-44(46)50-31-7-5-4-6-30-49-39-24-18-36(19-25-39)15-13-35-16-22-38(23-17-35)42-29-28-41(32-43(42)45(47)48)51-40-26-20-37(21-27-40)14-12-34-10-8-33(2)9-11-34/h3,8-11,16-29,32H,1,4-7,30-31H2,2H3,(H,47,48). The molecule has 254 valence electrons. The van der Waals surface area contributed by atoms with E-state index in [1.54, 1.807) is 12.1 Å². The summed E-state index contributed by atoms with van der Waals surface area (Å²) in [6.45, 7) is 6.45. The van der Waals surface area contributed by atoms with E-state index in [0.717, 1.165) is 59.3 Å². The van der Waals surface area contributed by atoms with E-state index >= 15 is 0 Å². The van der Waals surface area contributed by atoms with Crippen LogP contribution in [0.3, 0.4) is 0 Å². The zero-order valence-electron chi connectivity index (χ0n) is 28.5. The highest BCUT2D eigenvalue weighted by molar-refractivity contribution is 5.96. The third-order valence-corrected chi connectivity index (χ3v) is 7.83. The Morgan fingerprint density at radius 3 is 1.67 bits per heavy atom. The lowest BCUT2D eigenvalue weighted by atomic mass is 9.98. The highest BCUT2D eigenvalue weighted by Gasteiger charge is 2.14. The van der Waals surface area contributed by atoms with Gasteiger partial charge in [-0.2, -0.15) is 0 Å². The number of aromatic carboxylic acids is 1. The summed E-state index contributed by atoms with van der Waals surface area (Å²) in [5, 5.41) is 10.0. The van der Waals surface area contributed by atoms with Gasteiger partial charge in [-0.1, -0.05) is 60.1 Å². The van der Waals surface area contributed by atoms with Gasteiger partial charge in [-0.25, -0.2) is 9.59 Å². The van der Waals surface area contributed by atoms with Gasteiger partial charge in [0.1, 0.15) is 17.2 Å². The molecule has 0 aliphatic carbocycles. The molecule has 0 saturated carbocycles. The number of unbranched alkanes of at least 4 members (excludes halogenated alkanes) is 3. The minimum absolute atomic E-state index is 0.140. The fourth-order valence-electron chi connectivity index (χ4n) is 5.03. The highest BCUT2D eigenvalue weighted by atomic mass is 16.5. The second-order valence-electron chi connectivity index (χ2n) is 11.7. The second kappa shape index (κ2) is 18.3. The van der Waals surface area contributed by atoms with E-state index in [0.29, 0.717) is 30.3 Å². The van der Waals surface area contributed by atoms with Gasteiger partial charge in [0.05, 0.1) is 18.8 Å². The Morgan fingerprint density at radius 1 is 0.627 bits per heavy atom. The summed E-state index contributed by atoms with van der Waals surface area (Å²) >= 11 is 0. The van der Waals surface area contributed by atoms with Crippen molar-refractivity contribution in [3.05, 3.63) is 161 Å². The fourth-order valence-corrected chi connectivity index (χ4v) is 5.03. The summed E-state index contributed by atoms with van der Waals surface area (Å²) in [6.07, 6.45) is 4.87. The number of hydrogen-bond donors (Lipinski definition) is 1. The smallest absolute Gasteiger partial charge is 0.336 e. The number of ether oxygens (including phenoxy) is 3. The van der Waals surface area contributed by atoms with Gasteiger partial charge in [0.15, 0.2) is 0 Å². The zero-order chi connectivity index (χ0) is 35.8. The Morgan fingerprint density at radius 2 is 1.12 bits per heavy atom. The van der Waals surface area contributed by atoms with Crippen molar-refractivity contribution in [2.45, 2.75) is 32.6 Å². The average molecular weight is 675 g/mol. The molecule has 0 saturated heterocycles. The predicted octanol–water partition coefficient (Wildman–Crippen LogP) is 9.62. The van der Waals surface area contributed by atoms with Crippen molar-refractivity contribution >= 4 is 11.9 Å². The molecule has 5 aromatic rings. The number of rotatable bonds is 13. The van der Waals surface area contributed by atoms with Gasteiger partial charge in [0.25, 0.3) is 0 Å². The Balaban J connectivity index is 1.13. The molecule has 0 fully saturated rings. The van der Waals surface area contributed by atoms with E-state index in [4.69, 9.17) is 14.2 Å². The molecule has 0 aromatic heterocycles. The topological polar surface area (TPSA) is 82.1 Å². The van der Waals surface area contributed by atoms with Crippen LogP contribution in [0.25, 0.3) is 11.1 Å². The molecule has 0 unspecified atom stereocenters. The molecule has 0 amide bonds. The molecule has 51 heavy (non-hydrogen) atoms. The van der Waals surface area contributed by atoms with Crippen LogP contribution in [0, 0.1) is 30.6 Å². The molecule has 0 radical (unpaired) electrons. The van der Waals surface area contributed by atoms with Gasteiger partial charge in [-0.3, -0.25) is 0 Å². The quantitative estimate of drug-likeness (QED) is 0.0580. The van der Waals surface area contributed by atoms with E-state index in [-0.39, 0.29) is 11.5 Å². The van der Waals surface area contributed by atoms with Crippen molar-refractivity contribution in [2.24, 2.45) is 0 Å². The number of carbonyl (C=O) groups excluding carboxylic acids is 1. The lowest BCUT2D eigenvalue weighted by Crippen LogP contribution is -2.02. The number of carboxylic acid groups (broad SMARTS) is 1. The van der Waals surface area contributed by atoms with E-state index < -0.39 is 5.97 Å². The summed E-state index contributed by atoms with van der Waals surface area (Å²) in [5.41, 5.74) is 6.13. The molecule has 0 atom stereocenters. The Hall–Kier alpha value is -6.50. The number of esters is 1. The lowest BCUT2D eigenvalue weighted by Gasteiger charge is -2.11. The first kappa shape index (κ1) is 35.8. The zero-order valence-corrected chi connectivity index (χ0v) is 28.5. The molecule has 5 aromatic carbocycles. The SMILES string of the molecule is C=CC(=O)OCCCCCCOc1ccc(C#Cc2ccc(-c3ccc(Oc4ccc(C#Cc5ccc(C)cc5)cc4)cc3C(=O)O)cc2)cc1. The maximum atomic E-state index is 12.2. The van der Waals surface area contributed by atoms with Crippen LogP contribution in [0.5, 0.6) is 17.2 Å². The third kappa shape index (κ3) is 11.3. The van der Waals surface area contributed by atoms with Crippen molar-refractivity contribution in [1.82, 2.24) is 0 Å². The van der Waals surface area contributed by atoms with E-state index in [9.17, 15) is 14.7 Å². The van der Waals surface area contributed by atoms with E-state index in [1.165, 1.54) is 17.7 Å². The van der Waals surface area contributed by atoms with Gasteiger partial charge in [0, 0.05) is 28.3 Å². The first-order valence-electron chi connectivity index (χ1n) is 16.7. The van der Waals surface area contributed by atoms with Crippen molar-refractivity contribution in [1.29, 1.82) is 0 Å². The van der Waals surface area contributed by atoms with Crippen LogP contribution in [-0.4, -0.2) is 30.3 Å². The molecule has 0 aliphatic heterocycles. The van der Waals surface area contributed by atoms with Crippen molar-refractivity contribution in [3.63, 3.8) is 0 Å². The van der Waals surface area contributed by atoms with Crippen LogP contribution in [-0.2, 0) is 9.53 Å². The number of aryl methyl sites for hydroxylation is 1. The van der Waals surface area contributed by atoms with Crippen molar-refractivity contribution in [3.8, 4) is 52.1 Å². The number of benzene rings is 5. The molecule has 0 spiro atoms. The fraction of sp³-hybridized carbons (Fsp3) is 0.156. The van der Waals surface area contributed by atoms with E-state index in [2.05, 4.69) is 30.3 Å². The predicted molar refractivity (Wildman–Crippen MR) is 200 cm³/mol. The highest BCUT2D eigenvalue weighted by Crippen LogP contribution is 2.30. The Kier molecular flexibility index (Phi) is 12.9. The lowest BCUT2D eigenvalue weighted by molar-refractivity contribution is -0.137. The molecule has 0 bridgehead atoms. The third-order valence-electron chi connectivity index (χ3n) is 7.83. The first-order chi connectivity index (χ1) is 24.9. The van der Waals surface area contributed by atoms with Crippen LogP contribution >= 0.6 is 0 Å². The summed E-state index contributed by atoms with van der Waals surface area (Å²) in [4.78, 5) is 23.3. The normalized spacial score (nSPS) is 10.1. The van der Waals surface area contributed by atoms with Crippen LogP contribution in [0.15, 0.2) is 128 Å². The van der Waals surface area contributed by atoms with Crippen molar-refractivity contribution < 1.29 is 28.9 Å². The Labute approximate surface area is 299 Å². The average Bonchev–Trinajstić information content (AvgIpc) is 3.16. The van der Waals surface area contributed by atoms with Gasteiger partial charge in [-0.05, 0) is 135 Å². The van der Waals surface area contributed by atoms with Crippen LogP contribution in [0.2, 0.25) is 0 Å². The number of carboxylic acids is 1. The molecular formula is C45H38O6. The van der Waals surface area contributed by atoms with Crippen molar-refractivity contribution in [2.75, 3.05) is 13.2 Å². The molecule has 5 rings (SSSR count). The minimum Gasteiger partial charge on any atom is -0.494 e. The molecule has 0 aliphatic rings. The molecular weight excluding hydrogens is 636 g/mol. The number of carbonyl (C=O) groups is 2. The second-order valence-corrected chi connectivity index (χ2v) is 11.7. The minimum atomic E-state index is -1.04. The summed E-state index contributed by atoms with van der Waals surface area (Å²) < 4.78 is 16.8. The molecule has 0 heterocycles. The summed E-state index contributed by atoms with van der Waals surface area (Å²) in [7, 11) is 0. The number of hydrogen-bond acceptors (Lipinski definition) is 5. The van der Waals surface area contributed by atoms with Crippen LogP contribution in [0.4, 0.5) is 0 Å². The maximum absolute atomic E-state index is 12.2. The largest absolute Gasteiger partial charge is 0.494 e. The monoisotopic (exact) mass is 674 g/mol. The first-order valence-corrected chi connectivity index (χ1v) is 16.7. The van der Waals surface area contributed by atoms with Crippen LogP contribution in [0.1, 0.15) is 63.9 Å².